The van der Waals surface area contributed by atoms with Crippen molar-refractivity contribution in [2.75, 3.05) is 5.32 Å². The van der Waals surface area contributed by atoms with Gasteiger partial charge in [-0.25, -0.2) is 19.9 Å². The van der Waals surface area contributed by atoms with Crippen molar-refractivity contribution in [1.82, 2.24) is 25.0 Å². The number of carbonyl (C=O) groups is 1. The van der Waals surface area contributed by atoms with Crippen LogP contribution in [0.3, 0.4) is 0 Å². The van der Waals surface area contributed by atoms with Gasteiger partial charge in [0.2, 0.25) is 0 Å². The van der Waals surface area contributed by atoms with Crippen LogP contribution in [0.25, 0.3) is 0 Å². The monoisotopic (exact) mass is 447 g/mol. The van der Waals surface area contributed by atoms with E-state index in [9.17, 15) is 15.1 Å². The van der Waals surface area contributed by atoms with Crippen LogP contribution in [-0.2, 0) is 12.1 Å². The Hall–Kier alpha value is -3.79. The fraction of sp³-hybridized carbons (Fsp3) is 0.348. The third-order valence-electron chi connectivity index (χ3n) is 6.25. The molecule has 1 fully saturated rings. The molecule has 1 spiro atoms. The molecule has 33 heavy (non-hydrogen) atoms. The van der Waals surface area contributed by atoms with Crippen molar-refractivity contribution < 1.29 is 15.1 Å². The summed E-state index contributed by atoms with van der Waals surface area (Å²) < 4.78 is 1.03. The summed E-state index contributed by atoms with van der Waals surface area (Å²) in [6.45, 7) is 1.69. The highest BCUT2D eigenvalue weighted by Crippen LogP contribution is 2.42. The molecule has 0 saturated heterocycles. The lowest BCUT2D eigenvalue weighted by atomic mass is 9.79. The van der Waals surface area contributed by atoms with Gasteiger partial charge in [-0.15, -0.1) is 0 Å². The van der Waals surface area contributed by atoms with Crippen LogP contribution in [0, 0.1) is 6.92 Å². The zero-order valence-electron chi connectivity index (χ0n) is 18.2. The number of anilines is 2. The molecule has 3 aromatic heterocycles. The van der Waals surface area contributed by atoms with E-state index in [0.717, 1.165) is 42.4 Å². The summed E-state index contributed by atoms with van der Waals surface area (Å²) in [5.74, 6) is 1.18. The molecule has 4 N–H and O–H groups in total. The summed E-state index contributed by atoms with van der Waals surface area (Å²) in [4.78, 5) is 30.0. The summed E-state index contributed by atoms with van der Waals surface area (Å²) in [6, 6.07) is 8.58. The van der Waals surface area contributed by atoms with Crippen LogP contribution in [0.5, 0.6) is 0 Å². The lowest BCUT2D eigenvalue weighted by Crippen LogP contribution is -2.43. The predicted molar refractivity (Wildman–Crippen MR) is 119 cm³/mol. The number of pyridine rings is 2. The van der Waals surface area contributed by atoms with Crippen LogP contribution in [0.15, 0.2) is 41.7 Å². The average molecular weight is 447 g/mol. The number of amides is 1. The second kappa shape index (κ2) is 8.28. The van der Waals surface area contributed by atoms with E-state index in [-0.39, 0.29) is 18.0 Å². The number of nitrogens with one attached hydrogen (secondary N) is 2. The molecular formula is C23H25N7O3. The summed E-state index contributed by atoms with van der Waals surface area (Å²) in [5, 5.41) is 26.6. The van der Waals surface area contributed by atoms with Crippen LogP contribution in [0.1, 0.15) is 59.4 Å². The van der Waals surface area contributed by atoms with E-state index in [4.69, 9.17) is 0 Å². The Balaban J connectivity index is 1.54. The van der Waals surface area contributed by atoms with Gasteiger partial charge in [0.05, 0.1) is 29.1 Å². The third-order valence-corrected chi connectivity index (χ3v) is 6.25. The van der Waals surface area contributed by atoms with Crippen molar-refractivity contribution in [3.05, 3.63) is 64.7 Å². The van der Waals surface area contributed by atoms with Crippen molar-refractivity contribution >= 4 is 23.4 Å². The summed E-state index contributed by atoms with van der Waals surface area (Å²) in [6.07, 6.45) is 6.05. The molecule has 1 aliphatic carbocycles. The number of carbonyl (C=O) groups excluding carboxylic acids is 1. The Morgan fingerprint density at radius 2 is 2.00 bits per heavy atom. The van der Waals surface area contributed by atoms with E-state index in [0.29, 0.717) is 34.4 Å². The van der Waals surface area contributed by atoms with Crippen molar-refractivity contribution in [3.63, 3.8) is 0 Å². The fourth-order valence-electron chi connectivity index (χ4n) is 4.76. The predicted octanol–water partition coefficient (Wildman–Crippen LogP) is 2.59. The van der Waals surface area contributed by atoms with Crippen molar-refractivity contribution in [1.29, 1.82) is 0 Å². The van der Waals surface area contributed by atoms with Crippen molar-refractivity contribution in [2.45, 2.75) is 51.2 Å². The van der Waals surface area contributed by atoms with E-state index < -0.39 is 5.54 Å². The molecule has 1 amide bonds. The standard InChI is InChI=1S/C23H25N7O3/c1-14-10-19(30(33)21-20(14)22(32)29-23(21)8-3-2-4-9-23)28-18-11-17(24-13-25-18)27-16-7-5-6-15(12-31)26-16/h5-7,10-11,13,31,33H,2-4,8-9,12H2,1H3,(H,29,32)(H,24,25,26,27). The van der Waals surface area contributed by atoms with Gasteiger partial charge in [-0.05, 0) is 43.5 Å². The molecule has 4 heterocycles. The number of hydrogen-bond acceptors (Lipinski definition) is 8. The van der Waals surface area contributed by atoms with Gasteiger partial charge >= 0.3 is 0 Å². The third kappa shape index (κ3) is 3.82. The van der Waals surface area contributed by atoms with E-state index >= 15 is 0 Å². The largest absolute Gasteiger partial charge is 0.427 e. The van der Waals surface area contributed by atoms with E-state index in [1.165, 1.54) is 6.33 Å². The normalized spacial score (nSPS) is 17.2. The maximum absolute atomic E-state index is 12.7. The number of aliphatic hydroxyl groups is 1. The molecule has 10 nitrogen and oxygen atoms in total. The maximum atomic E-state index is 12.7. The molecule has 2 aliphatic rings. The van der Waals surface area contributed by atoms with Gasteiger partial charge < -0.3 is 20.9 Å². The fourth-order valence-corrected chi connectivity index (χ4v) is 4.76. The van der Waals surface area contributed by atoms with Gasteiger partial charge in [-0.3, -0.25) is 4.79 Å². The highest BCUT2D eigenvalue weighted by atomic mass is 16.5. The molecule has 0 unspecified atom stereocenters. The van der Waals surface area contributed by atoms with Crippen LogP contribution >= 0.6 is 0 Å². The molecule has 0 aromatic carbocycles. The SMILES string of the molecule is Cc1cc(=Nc2cc(Nc3cccc(CO)n3)ncn2)n(O)c2c1C(=O)NC21CCCCC1. The van der Waals surface area contributed by atoms with E-state index in [2.05, 4.69) is 30.6 Å². The molecule has 0 bridgehead atoms. The minimum absolute atomic E-state index is 0.148. The van der Waals surface area contributed by atoms with Crippen LogP contribution in [0.4, 0.5) is 17.5 Å². The molecule has 170 valence electrons. The smallest absolute Gasteiger partial charge is 0.254 e. The first-order chi connectivity index (χ1) is 16.0. The highest BCUT2D eigenvalue weighted by molar-refractivity contribution is 6.00. The number of fused-ring (bicyclic) bond motifs is 2. The lowest BCUT2D eigenvalue weighted by molar-refractivity contribution is 0.0892. The zero-order chi connectivity index (χ0) is 23.0. The van der Waals surface area contributed by atoms with Gasteiger partial charge in [-0.1, -0.05) is 25.3 Å². The lowest BCUT2D eigenvalue weighted by Gasteiger charge is -2.34. The van der Waals surface area contributed by atoms with Gasteiger partial charge in [0, 0.05) is 6.07 Å². The number of aliphatic hydroxyl groups excluding tert-OH is 1. The molecular weight excluding hydrogens is 422 g/mol. The number of aromatic nitrogens is 4. The van der Waals surface area contributed by atoms with Crippen molar-refractivity contribution in [2.24, 2.45) is 4.99 Å². The Bertz CT molecular complexity index is 1300. The van der Waals surface area contributed by atoms with Crippen LogP contribution < -0.4 is 16.1 Å². The van der Waals surface area contributed by atoms with Crippen LogP contribution in [-0.4, -0.2) is 35.9 Å². The average Bonchev–Trinajstić information content (AvgIpc) is 3.09. The molecule has 3 aromatic rings. The molecule has 1 aliphatic heterocycles. The Kier molecular flexibility index (Phi) is 5.29. The van der Waals surface area contributed by atoms with Gasteiger partial charge in [0.25, 0.3) is 5.91 Å². The topological polar surface area (TPSA) is 138 Å². The minimum Gasteiger partial charge on any atom is -0.427 e. The number of aryl methyl sites for hydroxylation is 1. The zero-order valence-corrected chi connectivity index (χ0v) is 18.2. The summed E-state index contributed by atoms with van der Waals surface area (Å²) in [7, 11) is 0. The first-order valence-corrected chi connectivity index (χ1v) is 11.0. The number of nitrogens with zero attached hydrogens (tertiary/aromatic N) is 5. The minimum atomic E-state index is -0.558. The van der Waals surface area contributed by atoms with Crippen molar-refractivity contribution in [3.8, 4) is 0 Å². The number of hydrogen-bond donors (Lipinski definition) is 4. The highest BCUT2D eigenvalue weighted by Gasteiger charge is 2.47. The Morgan fingerprint density at radius 3 is 2.79 bits per heavy atom. The molecule has 5 rings (SSSR count). The Labute approximate surface area is 190 Å². The summed E-state index contributed by atoms with van der Waals surface area (Å²) >= 11 is 0. The van der Waals surface area contributed by atoms with Crippen LogP contribution in [0.2, 0.25) is 0 Å². The molecule has 0 radical (unpaired) electrons. The first kappa shape index (κ1) is 21.1. The second-order valence-corrected chi connectivity index (χ2v) is 8.49. The molecule has 0 atom stereocenters. The quantitative estimate of drug-likeness (QED) is 0.451. The molecule has 10 heteroatoms. The maximum Gasteiger partial charge on any atom is 0.254 e. The van der Waals surface area contributed by atoms with Gasteiger partial charge in [0.1, 0.15) is 18.0 Å². The first-order valence-electron chi connectivity index (χ1n) is 11.0. The summed E-state index contributed by atoms with van der Waals surface area (Å²) in [5.41, 5.74) is 2.14. The van der Waals surface area contributed by atoms with Gasteiger partial charge in [0.15, 0.2) is 11.3 Å². The Morgan fingerprint density at radius 1 is 1.18 bits per heavy atom. The van der Waals surface area contributed by atoms with E-state index in [1.807, 2.05) is 6.92 Å². The second-order valence-electron chi connectivity index (χ2n) is 8.49. The number of rotatable bonds is 4. The molecule has 1 saturated carbocycles. The van der Waals surface area contributed by atoms with E-state index in [1.54, 1.807) is 30.3 Å². The van der Waals surface area contributed by atoms with Gasteiger partial charge in [-0.2, -0.15) is 4.73 Å².